The summed E-state index contributed by atoms with van der Waals surface area (Å²) in [6.45, 7) is 3.54. The van der Waals surface area contributed by atoms with E-state index in [2.05, 4.69) is 32.7 Å². The predicted octanol–water partition coefficient (Wildman–Crippen LogP) is 3.32. The Hall–Kier alpha value is 0.876. The van der Waals surface area contributed by atoms with Gasteiger partial charge in [-0.3, -0.25) is 25.8 Å². The van der Waals surface area contributed by atoms with E-state index in [1.807, 2.05) is 0 Å². The van der Waals surface area contributed by atoms with Gasteiger partial charge in [0.05, 0.1) is 0 Å². The molecular formula is C7H6Br2FMg. The highest BCUT2D eigenvalue weighted by Crippen LogP contribution is 1.99. The number of hydrogen-bond acceptors (Lipinski definition) is 0. The van der Waals surface area contributed by atoms with Crippen LogP contribution >= 0.6 is 25.8 Å². The van der Waals surface area contributed by atoms with Crippen LogP contribution in [0.15, 0.2) is 24.3 Å². The number of hydrogen-bond donors (Lipinski definition) is 0. The Morgan fingerprint density at radius 3 is 2.18 bits per heavy atom. The van der Waals surface area contributed by atoms with E-state index in [4.69, 9.17) is 0 Å². The second-order valence-corrected chi connectivity index (χ2v) is 9.81. The van der Waals surface area contributed by atoms with Crippen molar-refractivity contribution in [3.05, 3.63) is 42.6 Å². The van der Waals surface area contributed by atoms with E-state index in [-0.39, 0.29) is 21.8 Å². The van der Waals surface area contributed by atoms with Crippen molar-refractivity contribution in [1.82, 2.24) is 0 Å². The smallest absolute Gasteiger partial charge is 0.280 e. The van der Waals surface area contributed by atoms with Crippen LogP contribution in [0.3, 0.4) is 0 Å². The van der Waals surface area contributed by atoms with Gasteiger partial charge >= 0.3 is 16.0 Å². The summed E-state index contributed by atoms with van der Waals surface area (Å²) in [7, 11) is 0. The molecule has 0 spiro atoms. The molecule has 0 unspecified atom stereocenters. The van der Waals surface area contributed by atoms with Gasteiger partial charge in [-0.15, -0.1) is 0 Å². The lowest BCUT2D eigenvalue weighted by Gasteiger charge is -1.87. The SMILES string of the molecule is [Br][Mg][Br].[CH2]c1cccc(F)c1. The maximum atomic E-state index is 12.1. The van der Waals surface area contributed by atoms with Gasteiger partial charge in [0.25, 0.3) is 0 Å². The molecule has 4 heteroatoms. The first-order valence-electron chi connectivity index (χ1n) is 2.90. The fourth-order valence-corrected chi connectivity index (χ4v) is 0.537. The fourth-order valence-electron chi connectivity index (χ4n) is 0.537. The molecule has 0 aliphatic heterocycles. The van der Waals surface area contributed by atoms with Crippen LogP contribution in [0.2, 0.25) is 0 Å². The molecular weight excluding hydrogens is 287 g/mol. The van der Waals surface area contributed by atoms with Gasteiger partial charge in [0.2, 0.25) is 0 Å². The molecule has 11 heavy (non-hydrogen) atoms. The van der Waals surface area contributed by atoms with Gasteiger partial charge in [0, 0.05) is 0 Å². The zero-order chi connectivity index (χ0) is 8.69. The minimum absolute atomic E-state index is 0.0417. The van der Waals surface area contributed by atoms with E-state index in [1.54, 1.807) is 12.1 Å². The van der Waals surface area contributed by atoms with Crippen LogP contribution in [0.4, 0.5) is 4.39 Å². The van der Waals surface area contributed by atoms with Crippen LogP contribution in [0, 0.1) is 12.7 Å². The van der Waals surface area contributed by atoms with Crippen LogP contribution in [-0.2, 0) is 0 Å². The molecule has 1 rings (SSSR count). The molecule has 0 saturated heterocycles. The van der Waals surface area contributed by atoms with Crippen LogP contribution in [0.1, 0.15) is 5.56 Å². The Morgan fingerprint density at radius 2 is 1.91 bits per heavy atom. The topological polar surface area (TPSA) is 0 Å². The average molecular weight is 293 g/mol. The molecule has 1 aromatic rings. The predicted molar refractivity (Wildman–Crippen MR) is 54.5 cm³/mol. The van der Waals surface area contributed by atoms with Crippen molar-refractivity contribution in [3.8, 4) is 0 Å². The Kier molecular flexibility index (Phi) is 8.12. The molecule has 0 heterocycles. The van der Waals surface area contributed by atoms with Crippen LogP contribution < -0.4 is 0 Å². The summed E-state index contributed by atoms with van der Waals surface area (Å²) < 4.78 is 12.1. The second-order valence-electron chi connectivity index (χ2n) is 1.73. The van der Waals surface area contributed by atoms with Gasteiger partial charge in [-0.05, 0) is 24.6 Å². The number of halogens is 3. The van der Waals surface area contributed by atoms with E-state index in [9.17, 15) is 4.39 Å². The Labute approximate surface area is 88.0 Å². The van der Waals surface area contributed by atoms with Crippen molar-refractivity contribution in [1.29, 1.82) is 0 Å². The van der Waals surface area contributed by atoms with Crippen LogP contribution in [0.5, 0.6) is 0 Å². The third-order valence-corrected chi connectivity index (χ3v) is 0.889. The lowest BCUT2D eigenvalue weighted by molar-refractivity contribution is 0.627. The molecule has 1 radical (unpaired) electrons. The van der Waals surface area contributed by atoms with E-state index in [1.165, 1.54) is 12.1 Å². The zero-order valence-electron chi connectivity index (χ0n) is 5.86. The number of benzene rings is 1. The lowest BCUT2D eigenvalue weighted by atomic mass is 10.2. The maximum absolute atomic E-state index is 12.1. The fraction of sp³-hybridized carbons (Fsp3) is 0. The van der Waals surface area contributed by atoms with E-state index < -0.39 is 0 Å². The first-order chi connectivity index (χ1) is 5.20. The third kappa shape index (κ3) is 7.24. The Balaban J connectivity index is 0.000000292. The van der Waals surface area contributed by atoms with E-state index in [0.717, 1.165) is 0 Å². The average Bonchev–Trinajstić information content (AvgIpc) is 1.88. The molecule has 0 bridgehead atoms. The molecule has 0 nitrogen and oxygen atoms in total. The summed E-state index contributed by atoms with van der Waals surface area (Å²) in [5, 5.41) is 0. The summed E-state index contributed by atoms with van der Waals surface area (Å²) in [4.78, 5) is 0. The first-order valence-corrected chi connectivity index (χ1v) is 10.7. The van der Waals surface area contributed by atoms with Crippen molar-refractivity contribution >= 4 is 41.8 Å². The van der Waals surface area contributed by atoms with Crippen molar-refractivity contribution in [2.75, 3.05) is 0 Å². The highest BCUT2D eigenvalue weighted by atomic mass is 79.9. The highest BCUT2D eigenvalue weighted by molar-refractivity contribution is 9.47. The molecule has 57 valence electrons. The standard InChI is InChI=1S/C7H6F.2BrH.Mg/c1-6-3-2-4-7(8)5-6;;;/h2-5H,1H2;2*1H;/q;;;+2/p-2. The van der Waals surface area contributed by atoms with Crippen molar-refractivity contribution in [2.24, 2.45) is 0 Å². The van der Waals surface area contributed by atoms with Crippen LogP contribution in [0.25, 0.3) is 0 Å². The third-order valence-electron chi connectivity index (χ3n) is 0.889. The second kappa shape index (κ2) is 7.52. The Morgan fingerprint density at radius 1 is 1.36 bits per heavy atom. The van der Waals surface area contributed by atoms with Gasteiger partial charge in [-0.1, -0.05) is 12.1 Å². The first kappa shape index (κ1) is 11.9. The van der Waals surface area contributed by atoms with E-state index in [0.29, 0.717) is 5.56 Å². The van der Waals surface area contributed by atoms with Crippen LogP contribution in [-0.4, -0.2) is 16.0 Å². The monoisotopic (exact) mass is 291 g/mol. The molecule has 0 amide bonds. The van der Waals surface area contributed by atoms with E-state index >= 15 is 0 Å². The molecule has 0 fully saturated rings. The molecule has 0 N–H and O–H groups in total. The molecule has 0 atom stereocenters. The maximum Gasteiger partial charge on any atom is 0.560 e. The number of rotatable bonds is 0. The molecule has 0 saturated carbocycles. The quantitative estimate of drug-likeness (QED) is 0.644. The van der Waals surface area contributed by atoms with Gasteiger partial charge < -0.3 is 0 Å². The lowest BCUT2D eigenvalue weighted by Crippen LogP contribution is -1.72. The summed E-state index contributed by atoms with van der Waals surface area (Å²) in [6.07, 6.45) is 0. The van der Waals surface area contributed by atoms with Crippen molar-refractivity contribution in [2.45, 2.75) is 0 Å². The minimum Gasteiger partial charge on any atom is -0.280 e. The summed E-state index contributed by atoms with van der Waals surface area (Å²) >= 11 is 6.44. The molecule has 0 aliphatic rings. The minimum atomic E-state index is -0.225. The molecule has 0 aromatic heterocycles. The Bertz CT molecular complexity index is 188. The van der Waals surface area contributed by atoms with Gasteiger partial charge in [-0.25, -0.2) is 4.39 Å². The highest BCUT2D eigenvalue weighted by Gasteiger charge is 1.84. The molecule has 1 aromatic carbocycles. The largest absolute Gasteiger partial charge is 0.560 e. The van der Waals surface area contributed by atoms with Gasteiger partial charge in [0.15, 0.2) is 0 Å². The molecule has 0 aliphatic carbocycles. The summed E-state index contributed by atoms with van der Waals surface area (Å²) in [5.74, 6) is -0.225. The normalized spacial score (nSPS) is 7.64. The van der Waals surface area contributed by atoms with Gasteiger partial charge in [0.1, 0.15) is 5.82 Å². The van der Waals surface area contributed by atoms with Crippen molar-refractivity contribution in [3.63, 3.8) is 0 Å². The van der Waals surface area contributed by atoms with Crippen molar-refractivity contribution < 1.29 is 4.39 Å². The zero-order valence-corrected chi connectivity index (χ0v) is 10.4. The summed E-state index contributed by atoms with van der Waals surface area (Å²) in [6, 6.07) is 6.18. The summed E-state index contributed by atoms with van der Waals surface area (Å²) in [5.41, 5.74) is 0.713. The van der Waals surface area contributed by atoms with Gasteiger partial charge in [-0.2, -0.15) is 0 Å².